The first-order valence-corrected chi connectivity index (χ1v) is 10.7. The third-order valence-electron chi connectivity index (χ3n) is 3.64. The molecule has 3 nitrogen and oxygen atoms in total. The molecule has 0 fully saturated rings. The Balaban J connectivity index is 1.92. The van der Waals surface area contributed by atoms with E-state index in [0.717, 1.165) is 34.0 Å². The molecule has 0 spiro atoms. The lowest BCUT2D eigenvalue weighted by atomic mass is 10.2. The van der Waals surface area contributed by atoms with E-state index in [1.165, 1.54) is 27.0 Å². The molecule has 0 bridgehead atoms. The molecular weight excluding hydrogens is 403 g/mol. The fourth-order valence-corrected chi connectivity index (χ4v) is 5.34. The van der Waals surface area contributed by atoms with Crippen molar-refractivity contribution >= 4 is 32.7 Å². The van der Waals surface area contributed by atoms with Crippen LogP contribution < -0.4 is 0 Å². The molecule has 3 aromatic rings. The molecule has 138 valence electrons. The van der Waals surface area contributed by atoms with Crippen LogP contribution in [0.1, 0.15) is 15.3 Å². The smallest absolute Gasteiger partial charge is 0.207 e. The predicted molar refractivity (Wildman–Crippen MR) is 96.5 cm³/mol. The monoisotopic (exact) mass is 417 g/mol. The quantitative estimate of drug-likeness (QED) is 0.551. The van der Waals surface area contributed by atoms with Crippen LogP contribution in [0.2, 0.25) is 0 Å². The van der Waals surface area contributed by atoms with Gasteiger partial charge in [0.2, 0.25) is 10.0 Å². The molecule has 0 atom stereocenters. The molecule has 0 N–H and O–H groups in total. The van der Waals surface area contributed by atoms with Crippen molar-refractivity contribution in [3.8, 4) is 0 Å². The summed E-state index contributed by atoms with van der Waals surface area (Å²) in [6.07, 6.45) is -4.50. The van der Waals surface area contributed by atoms with E-state index in [0.29, 0.717) is 0 Å². The van der Waals surface area contributed by atoms with Gasteiger partial charge in [-0.25, -0.2) is 8.42 Å². The number of rotatable bonds is 6. The van der Waals surface area contributed by atoms with Gasteiger partial charge < -0.3 is 0 Å². The number of benzene rings is 1. The average Bonchev–Trinajstić information content (AvgIpc) is 3.27. The molecule has 1 aromatic carbocycles. The van der Waals surface area contributed by atoms with Gasteiger partial charge in [0.15, 0.2) is 0 Å². The van der Waals surface area contributed by atoms with E-state index in [9.17, 15) is 21.6 Å². The zero-order chi connectivity index (χ0) is 18.8. The van der Waals surface area contributed by atoms with Crippen LogP contribution in [0.5, 0.6) is 0 Å². The standard InChI is InChI=1S/C17H14F3NO2S3/c18-17(19,20)13-5-7-16(8-6-13)26(22,23)21(11-14-3-1-9-24-14)12-15-4-2-10-25-15/h1-10H,11-12H2. The molecule has 0 aliphatic heterocycles. The SMILES string of the molecule is O=S(=O)(c1ccc(C(F)(F)F)cc1)N(Cc1cccs1)Cc1cccs1. The van der Waals surface area contributed by atoms with Gasteiger partial charge in [0.1, 0.15) is 0 Å². The molecule has 3 rings (SSSR count). The fraction of sp³-hybridized carbons (Fsp3) is 0.176. The normalized spacial score (nSPS) is 12.6. The third kappa shape index (κ3) is 4.35. The summed E-state index contributed by atoms with van der Waals surface area (Å²) in [5.41, 5.74) is -0.875. The van der Waals surface area contributed by atoms with Crippen molar-refractivity contribution in [3.63, 3.8) is 0 Å². The summed E-state index contributed by atoms with van der Waals surface area (Å²) in [5, 5.41) is 3.70. The molecule has 9 heteroatoms. The maximum atomic E-state index is 13.0. The number of nitrogens with zero attached hydrogens (tertiary/aromatic N) is 1. The topological polar surface area (TPSA) is 37.4 Å². The van der Waals surface area contributed by atoms with Gasteiger partial charge in [-0.1, -0.05) is 12.1 Å². The van der Waals surface area contributed by atoms with Crippen molar-refractivity contribution in [2.45, 2.75) is 24.2 Å². The average molecular weight is 417 g/mol. The lowest BCUT2D eigenvalue weighted by Crippen LogP contribution is -2.29. The zero-order valence-corrected chi connectivity index (χ0v) is 15.8. The van der Waals surface area contributed by atoms with Crippen LogP contribution in [0.25, 0.3) is 0 Å². The highest BCUT2D eigenvalue weighted by molar-refractivity contribution is 7.89. The van der Waals surface area contributed by atoms with Gasteiger partial charge >= 0.3 is 6.18 Å². The Morgan fingerprint density at radius 2 is 1.35 bits per heavy atom. The molecule has 0 saturated heterocycles. The van der Waals surface area contributed by atoms with Crippen LogP contribution in [-0.4, -0.2) is 12.7 Å². The molecule has 26 heavy (non-hydrogen) atoms. The van der Waals surface area contributed by atoms with Crippen LogP contribution in [0.15, 0.2) is 64.2 Å². The molecule has 0 unspecified atom stereocenters. The zero-order valence-electron chi connectivity index (χ0n) is 13.3. The summed E-state index contributed by atoms with van der Waals surface area (Å²) >= 11 is 2.86. The van der Waals surface area contributed by atoms with Gasteiger partial charge in [0.25, 0.3) is 0 Å². The fourth-order valence-electron chi connectivity index (χ4n) is 2.34. The summed E-state index contributed by atoms with van der Waals surface area (Å²) in [6, 6.07) is 10.9. The lowest BCUT2D eigenvalue weighted by molar-refractivity contribution is -0.137. The van der Waals surface area contributed by atoms with Crippen molar-refractivity contribution in [2.24, 2.45) is 0 Å². The Bertz CT molecular complexity index is 896. The van der Waals surface area contributed by atoms with Crippen LogP contribution in [0.4, 0.5) is 13.2 Å². The van der Waals surface area contributed by atoms with Crippen molar-refractivity contribution in [2.75, 3.05) is 0 Å². The van der Waals surface area contributed by atoms with E-state index in [1.54, 1.807) is 0 Å². The van der Waals surface area contributed by atoms with E-state index in [4.69, 9.17) is 0 Å². The Morgan fingerprint density at radius 1 is 0.846 bits per heavy atom. The molecule has 0 radical (unpaired) electrons. The van der Waals surface area contributed by atoms with Crippen LogP contribution in [-0.2, 0) is 29.3 Å². The van der Waals surface area contributed by atoms with Crippen molar-refractivity contribution < 1.29 is 21.6 Å². The van der Waals surface area contributed by atoms with E-state index < -0.39 is 21.8 Å². The maximum Gasteiger partial charge on any atom is 0.416 e. The van der Waals surface area contributed by atoms with Gasteiger partial charge in [-0.15, -0.1) is 22.7 Å². The van der Waals surface area contributed by atoms with Gasteiger partial charge in [0.05, 0.1) is 10.5 Å². The van der Waals surface area contributed by atoms with E-state index >= 15 is 0 Å². The number of hydrogen-bond donors (Lipinski definition) is 0. The van der Waals surface area contributed by atoms with Crippen LogP contribution in [0, 0.1) is 0 Å². The summed E-state index contributed by atoms with van der Waals surface area (Å²) < 4.78 is 65.4. The third-order valence-corrected chi connectivity index (χ3v) is 7.17. The minimum atomic E-state index is -4.50. The number of halogens is 3. The summed E-state index contributed by atoms with van der Waals surface area (Å²) in [5.74, 6) is 0. The predicted octanol–water partition coefficient (Wildman–Crippen LogP) is 5.22. The Kier molecular flexibility index (Phi) is 5.52. The van der Waals surface area contributed by atoms with Crippen molar-refractivity contribution in [1.82, 2.24) is 4.31 Å². The summed E-state index contributed by atoms with van der Waals surface area (Å²) in [4.78, 5) is 1.56. The molecule has 0 amide bonds. The molecule has 0 aliphatic rings. The number of sulfonamides is 1. The lowest BCUT2D eigenvalue weighted by Gasteiger charge is -2.21. The Labute approximate surface area is 157 Å². The summed E-state index contributed by atoms with van der Waals surface area (Å²) in [7, 11) is -3.94. The maximum absolute atomic E-state index is 13.0. The molecule has 2 heterocycles. The largest absolute Gasteiger partial charge is 0.416 e. The van der Waals surface area contributed by atoms with Gasteiger partial charge in [-0.2, -0.15) is 17.5 Å². The van der Waals surface area contributed by atoms with E-state index in [1.807, 2.05) is 35.0 Å². The first-order chi connectivity index (χ1) is 12.3. The highest BCUT2D eigenvalue weighted by atomic mass is 32.2. The highest BCUT2D eigenvalue weighted by Gasteiger charge is 2.32. The second-order valence-electron chi connectivity index (χ2n) is 5.45. The van der Waals surface area contributed by atoms with Crippen molar-refractivity contribution in [1.29, 1.82) is 0 Å². The first-order valence-electron chi connectivity index (χ1n) is 7.49. The van der Waals surface area contributed by atoms with Gasteiger partial charge in [-0.3, -0.25) is 0 Å². The molecule has 2 aromatic heterocycles. The molecular formula is C17H14F3NO2S3. The minimum absolute atomic E-state index is 0.154. The van der Waals surface area contributed by atoms with E-state index in [-0.39, 0.29) is 18.0 Å². The molecule has 0 aliphatic carbocycles. The van der Waals surface area contributed by atoms with Crippen LogP contribution >= 0.6 is 22.7 Å². The Hall–Kier alpha value is -1.68. The van der Waals surface area contributed by atoms with Crippen LogP contribution in [0.3, 0.4) is 0 Å². The minimum Gasteiger partial charge on any atom is -0.207 e. The van der Waals surface area contributed by atoms with Gasteiger partial charge in [-0.05, 0) is 47.2 Å². The number of hydrogen-bond acceptors (Lipinski definition) is 4. The van der Waals surface area contributed by atoms with Gasteiger partial charge in [0, 0.05) is 22.8 Å². The first kappa shape index (κ1) is 19.1. The van der Waals surface area contributed by atoms with E-state index in [2.05, 4.69) is 0 Å². The number of alkyl halides is 3. The highest BCUT2D eigenvalue weighted by Crippen LogP contribution is 2.31. The number of thiophene rings is 2. The van der Waals surface area contributed by atoms with Crippen molar-refractivity contribution in [3.05, 3.63) is 74.6 Å². The Morgan fingerprint density at radius 3 is 1.73 bits per heavy atom. The molecule has 0 saturated carbocycles. The second kappa shape index (κ2) is 7.51. The summed E-state index contributed by atoms with van der Waals surface area (Å²) in [6.45, 7) is 0.331. The second-order valence-corrected chi connectivity index (χ2v) is 9.46.